The highest BCUT2D eigenvalue weighted by molar-refractivity contribution is 5.73. The molecule has 2 atom stereocenters. The van der Waals surface area contributed by atoms with Crippen LogP contribution in [0.1, 0.15) is 25.5 Å². The van der Waals surface area contributed by atoms with Gasteiger partial charge in [0.05, 0.1) is 12.6 Å². The van der Waals surface area contributed by atoms with E-state index in [1.807, 2.05) is 42.2 Å². The molecule has 0 bridgehead atoms. The Balaban J connectivity index is 2.19. The summed E-state index contributed by atoms with van der Waals surface area (Å²) in [6.45, 7) is 4.96. The van der Waals surface area contributed by atoms with E-state index in [-0.39, 0.29) is 18.1 Å². The number of morpholine rings is 1. The minimum atomic E-state index is -0.00106. The molecule has 2 rings (SSSR count). The number of ether oxygens (including phenoxy) is 1. The summed E-state index contributed by atoms with van der Waals surface area (Å²) >= 11 is 0. The molecular weight excluding hydrogens is 202 g/mol. The van der Waals surface area contributed by atoms with Crippen molar-refractivity contribution in [1.29, 1.82) is 0 Å². The molecule has 3 nitrogen and oxygen atoms in total. The summed E-state index contributed by atoms with van der Waals surface area (Å²) in [5, 5.41) is 0. The number of hydrogen-bond acceptors (Lipinski definition) is 2. The summed E-state index contributed by atoms with van der Waals surface area (Å²) in [5.74, 6) is 0.122. The molecular formula is C13H17NO2. The van der Waals surface area contributed by atoms with Crippen molar-refractivity contribution in [2.75, 3.05) is 13.2 Å². The Kier molecular flexibility index (Phi) is 3.25. The molecule has 0 spiro atoms. The zero-order chi connectivity index (χ0) is 11.5. The van der Waals surface area contributed by atoms with Gasteiger partial charge in [-0.15, -0.1) is 0 Å². The summed E-state index contributed by atoms with van der Waals surface area (Å²) in [5.41, 5.74) is 1.14. The molecule has 0 saturated carbocycles. The van der Waals surface area contributed by atoms with Crippen LogP contribution in [0.15, 0.2) is 30.3 Å². The molecule has 1 aromatic rings. The quantitative estimate of drug-likeness (QED) is 0.723. The van der Waals surface area contributed by atoms with Gasteiger partial charge in [0.25, 0.3) is 0 Å². The van der Waals surface area contributed by atoms with Crippen LogP contribution in [0.3, 0.4) is 0 Å². The zero-order valence-corrected chi connectivity index (χ0v) is 9.72. The second kappa shape index (κ2) is 4.66. The fraction of sp³-hybridized carbons (Fsp3) is 0.462. The summed E-state index contributed by atoms with van der Waals surface area (Å²) < 4.78 is 5.76. The third kappa shape index (κ3) is 2.09. The van der Waals surface area contributed by atoms with Gasteiger partial charge in [-0.1, -0.05) is 30.3 Å². The summed E-state index contributed by atoms with van der Waals surface area (Å²) in [6.07, 6.45) is -0.00106. The van der Waals surface area contributed by atoms with E-state index < -0.39 is 0 Å². The number of hydrogen-bond donors (Lipinski definition) is 0. The Hall–Kier alpha value is -1.35. The number of carbonyl (C=O) groups is 1. The van der Waals surface area contributed by atoms with Gasteiger partial charge >= 0.3 is 0 Å². The van der Waals surface area contributed by atoms with Crippen LogP contribution in [-0.4, -0.2) is 30.0 Å². The van der Waals surface area contributed by atoms with Gasteiger partial charge in [-0.2, -0.15) is 0 Å². The Labute approximate surface area is 96.0 Å². The van der Waals surface area contributed by atoms with Crippen LogP contribution >= 0.6 is 0 Å². The average Bonchev–Trinajstić information content (AvgIpc) is 2.30. The first kappa shape index (κ1) is 11.1. The highest BCUT2D eigenvalue weighted by atomic mass is 16.5. The molecule has 0 aromatic heterocycles. The van der Waals surface area contributed by atoms with E-state index in [1.165, 1.54) is 0 Å². The van der Waals surface area contributed by atoms with Gasteiger partial charge in [0, 0.05) is 13.5 Å². The van der Waals surface area contributed by atoms with E-state index in [9.17, 15) is 4.79 Å². The molecule has 3 heteroatoms. The van der Waals surface area contributed by atoms with Crippen molar-refractivity contribution >= 4 is 5.91 Å². The molecule has 1 saturated heterocycles. The number of carbonyl (C=O) groups excluding carboxylic acids is 1. The van der Waals surface area contributed by atoms with Crippen molar-refractivity contribution in [2.24, 2.45) is 0 Å². The largest absolute Gasteiger partial charge is 0.370 e. The van der Waals surface area contributed by atoms with Crippen molar-refractivity contribution in [1.82, 2.24) is 4.90 Å². The van der Waals surface area contributed by atoms with E-state index in [0.717, 1.165) is 5.56 Å². The first-order chi connectivity index (χ1) is 7.70. The van der Waals surface area contributed by atoms with Crippen molar-refractivity contribution in [2.45, 2.75) is 26.0 Å². The molecule has 0 N–H and O–H groups in total. The maximum Gasteiger partial charge on any atom is 0.219 e. The summed E-state index contributed by atoms with van der Waals surface area (Å²) in [7, 11) is 0. The maximum atomic E-state index is 11.5. The third-order valence-corrected chi connectivity index (χ3v) is 3.09. The predicted molar refractivity (Wildman–Crippen MR) is 62.0 cm³/mol. The highest BCUT2D eigenvalue weighted by Crippen LogP contribution is 2.27. The highest BCUT2D eigenvalue weighted by Gasteiger charge is 2.31. The number of amides is 1. The van der Waals surface area contributed by atoms with E-state index >= 15 is 0 Å². The van der Waals surface area contributed by atoms with Crippen LogP contribution in [-0.2, 0) is 9.53 Å². The topological polar surface area (TPSA) is 29.5 Å². The molecule has 86 valence electrons. The number of nitrogens with zero attached hydrogens (tertiary/aromatic N) is 1. The lowest BCUT2D eigenvalue weighted by molar-refractivity contribution is -0.143. The second-order valence-corrected chi connectivity index (χ2v) is 4.16. The Morgan fingerprint density at radius 2 is 2.06 bits per heavy atom. The van der Waals surface area contributed by atoms with Crippen molar-refractivity contribution in [3.63, 3.8) is 0 Å². The van der Waals surface area contributed by atoms with Crippen LogP contribution in [0.4, 0.5) is 0 Å². The van der Waals surface area contributed by atoms with Gasteiger partial charge in [-0.25, -0.2) is 0 Å². The van der Waals surface area contributed by atoms with Gasteiger partial charge in [-0.05, 0) is 12.5 Å². The molecule has 1 amide bonds. The van der Waals surface area contributed by atoms with Crippen LogP contribution < -0.4 is 0 Å². The first-order valence-corrected chi connectivity index (χ1v) is 5.64. The van der Waals surface area contributed by atoms with Gasteiger partial charge in [0.15, 0.2) is 0 Å². The Morgan fingerprint density at radius 3 is 2.69 bits per heavy atom. The summed E-state index contributed by atoms with van der Waals surface area (Å²) in [6, 6.07) is 10.2. The lowest BCUT2D eigenvalue weighted by atomic mass is 10.0. The van der Waals surface area contributed by atoms with Crippen molar-refractivity contribution < 1.29 is 9.53 Å². The molecule has 16 heavy (non-hydrogen) atoms. The van der Waals surface area contributed by atoms with Gasteiger partial charge in [0.1, 0.15) is 6.10 Å². The standard InChI is InChI=1S/C13H17NO2/c1-10-13(12-6-4-3-5-7-12)16-9-8-14(10)11(2)15/h3-7,10,13H,8-9H2,1-2H3/t10-,13+/m0/s1. The zero-order valence-electron chi connectivity index (χ0n) is 9.72. The monoisotopic (exact) mass is 219 g/mol. The number of benzene rings is 1. The van der Waals surface area contributed by atoms with Crippen molar-refractivity contribution in [3.05, 3.63) is 35.9 Å². The molecule has 0 aliphatic carbocycles. The van der Waals surface area contributed by atoms with E-state index in [2.05, 4.69) is 0 Å². The van der Waals surface area contributed by atoms with E-state index in [1.54, 1.807) is 6.92 Å². The molecule has 1 aliphatic heterocycles. The maximum absolute atomic E-state index is 11.5. The predicted octanol–water partition coefficient (Wildman–Crippen LogP) is 1.99. The molecule has 1 fully saturated rings. The van der Waals surface area contributed by atoms with Crippen LogP contribution in [0.25, 0.3) is 0 Å². The number of rotatable bonds is 1. The van der Waals surface area contributed by atoms with Gasteiger partial charge in [0.2, 0.25) is 5.91 Å². The molecule has 1 aromatic carbocycles. The third-order valence-electron chi connectivity index (χ3n) is 3.09. The van der Waals surface area contributed by atoms with Crippen LogP contribution in [0.2, 0.25) is 0 Å². The lowest BCUT2D eigenvalue weighted by Gasteiger charge is -2.39. The minimum absolute atomic E-state index is 0.00106. The fourth-order valence-electron chi connectivity index (χ4n) is 2.25. The van der Waals surface area contributed by atoms with Gasteiger partial charge < -0.3 is 9.64 Å². The molecule has 0 unspecified atom stereocenters. The Bertz CT molecular complexity index is 363. The van der Waals surface area contributed by atoms with E-state index in [0.29, 0.717) is 13.2 Å². The first-order valence-electron chi connectivity index (χ1n) is 5.64. The van der Waals surface area contributed by atoms with E-state index in [4.69, 9.17) is 4.74 Å². The van der Waals surface area contributed by atoms with Gasteiger partial charge in [-0.3, -0.25) is 4.79 Å². The average molecular weight is 219 g/mol. The molecule has 0 radical (unpaired) electrons. The molecule has 1 aliphatic rings. The fourth-order valence-corrected chi connectivity index (χ4v) is 2.25. The smallest absolute Gasteiger partial charge is 0.219 e. The van der Waals surface area contributed by atoms with Crippen LogP contribution in [0.5, 0.6) is 0 Å². The van der Waals surface area contributed by atoms with Crippen LogP contribution in [0, 0.1) is 0 Å². The normalized spacial score (nSPS) is 25.5. The Morgan fingerprint density at radius 1 is 1.38 bits per heavy atom. The summed E-state index contributed by atoms with van der Waals surface area (Å²) in [4.78, 5) is 13.3. The van der Waals surface area contributed by atoms with Crippen molar-refractivity contribution in [3.8, 4) is 0 Å². The second-order valence-electron chi connectivity index (χ2n) is 4.16. The SMILES string of the molecule is CC(=O)N1CCO[C@@H](c2ccccc2)[C@@H]1C. The minimum Gasteiger partial charge on any atom is -0.370 e. The molecule has 1 heterocycles. The lowest BCUT2D eigenvalue weighted by Crippen LogP contribution is -2.47.